The number of ketones is 1. The van der Waals surface area contributed by atoms with Gasteiger partial charge < -0.3 is 0 Å². The lowest BCUT2D eigenvalue weighted by atomic mass is 9.86. The highest BCUT2D eigenvalue weighted by atomic mass is 19.1. The van der Waals surface area contributed by atoms with Crippen molar-refractivity contribution < 1.29 is 18.8 Å². The summed E-state index contributed by atoms with van der Waals surface area (Å²) in [5.74, 6) is -3.12. The lowest BCUT2D eigenvalue weighted by molar-refractivity contribution is -0.123. The van der Waals surface area contributed by atoms with Gasteiger partial charge in [-0.15, -0.1) is 0 Å². The molecule has 0 spiro atoms. The summed E-state index contributed by atoms with van der Waals surface area (Å²) >= 11 is 0. The maximum atomic E-state index is 13.4. The maximum absolute atomic E-state index is 13.4. The molecule has 2 amide bonds. The van der Waals surface area contributed by atoms with Gasteiger partial charge in [0, 0.05) is 11.8 Å². The molecular weight excluding hydrogens is 385 g/mol. The van der Waals surface area contributed by atoms with Crippen molar-refractivity contribution in [3.63, 3.8) is 0 Å². The van der Waals surface area contributed by atoms with Crippen LogP contribution in [0.1, 0.15) is 15.9 Å². The molecule has 0 aromatic heterocycles. The minimum atomic E-state index is -0.932. The average molecular weight is 403 g/mol. The third-order valence-corrected chi connectivity index (χ3v) is 5.98. The Hall–Kier alpha value is -3.61. The Balaban J connectivity index is 1.57. The van der Waals surface area contributed by atoms with Gasteiger partial charge in [0.25, 0.3) is 0 Å². The van der Waals surface area contributed by atoms with E-state index in [1.165, 1.54) is 35.4 Å². The molecule has 2 aromatic rings. The fourth-order valence-electron chi connectivity index (χ4n) is 4.57. The maximum Gasteiger partial charge on any atom is 0.240 e. The number of aryl methyl sites for hydroxylation is 1. The molecule has 3 aliphatic rings. The topological polar surface area (TPSA) is 70.1 Å². The standard InChI is InChI=1S/C23H18FN3O3/c1-13-4-10-16(11-5-13)26-22(29)18-17-3-2-12-25-27(17)20(19(18)23(26)30)21(28)14-6-8-15(24)9-7-14/h2-12,17-20H,1H3/t17-,18-,19-,20+/m1/s1. The van der Waals surface area contributed by atoms with Gasteiger partial charge in [0.15, 0.2) is 5.78 Å². The molecule has 3 heterocycles. The molecule has 0 radical (unpaired) electrons. The van der Waals surface area contributed by atoms with Gasteiger partial charge in [-0.05, 0) is 49.4 Å². The molecule has 30 heavy (non-hydrogen) atoms. The van der Waals surface area contributed by atoms with Crippen molar-refractivity contribution in [2.24, 2.45) is 16.9 Å². The summed E-state index contributed by atoms with van der Waals surface area (Å²) in [7, 11) is 0. The number of amides is 2. The highest BCUT2D eigenvalue weighted by molar-refractivity contribution is 6.24. The number of anilines is 1. The zero-order valence-electron chi connectivity index (χ0n) is 16.1. The van der Waals surface area contributed by atoms with E-state index in [0.29, 0.717) is 5.69 Å². The van der Waals surface area contributed by atoms with Crippen LogP contribution in [0, 0.1) is 24.6 Å². The molecule has 0 aliphatic carbocycles. The van der Waals surface area contributed by atoms with Gasteiger partial charge in [0.2, 0.25) is 11.8 Å². The van der Waals surface area contributed by atoms with Crippen molar-refractivity contribution in [1.29, 1.82) is 0 Å². The van der Waals surface area contributed by atoms with Gasteiger partial charge in [-0.1, -0.05) is 23.8 Å². The van der Waals surface area contributed by atoms with E-state index < -0.39 is 35.6 Å². The largest absolute Gasteiger partial charge is 0.292 e. The number of halogens is 1. The summed E-state index contributed by atoms with van der Waals surface area (Å²) in [5.41, 5.74) is 1.78. The molecule has 150 valence electrons. The highest BCUT2D eigenvalue weighted by Crippen LogP contribution is 2.46. The minimum Gasteiger partial charge on any atom is -0.292 e. The van der Waals surface area contributed by atoms with Crippen LogP contribution >= 0.6 is 0 Å². The van der Waals surface area contributed by atoms with Crippen molar-refractivity contribution in [2.45, 2.75) is 19.0 Å². The number of imide groups is 1. The van der Waals surface area contributed by atoms with Crippen LogP contribution in [0.25, 0.3) is 0 Å². The summed E-state index contributed by atoms with van der Waals surface area (Å²) < 4.78 is 13.3. The Kier molecular flexibility index (Phi) is 4.13. The van der Waals surface area contributed by atoms with Crippen molar-refractivity contribution in [3.8, 4) is 0 Å². The summed E-state index contributed by atoms with van der Waals surface area (Å²) in [6, 6.07) is 10.9. The third kappa shape index (κ3) is 2.62. The molecular formula is C23H18FN3O3. The molecule has 7 heteroatoms. The Morgan fingerprint density at radius 2 is 1.63 bits per heavy atom. The molecule has 0 bridgehead atoms. The molecule has 0 saturated carbocycles. The Morgan fingerprint density at radius 1 is 0.967 bits per heavy atom. The van der Waals surface area contributed by atoms with Gasteiger partial charge in [-0.25, -0.2) is 9.29 Å². The molecule has 2 saturated heterocycles. The number of carbonyl (C=O) groups excluding carboxylic acids is 3. The Labute approximate surface area is 172 Å². The Morgan fingerprint density at radius 3 is 2.33 bits per heavy atom. The average Bonchev–Trinajstić information content (AvgIpc) is 3.22. The van der Waals surface area contributed by atoms with Crippen LogP contribution in [0.3, 0.4) is 0 Å². The molecule has 0 unspecified atom stereocenters. The van der Waals surface area contributed by atoms with E-state index in [2.05, 4.69) is 5.10 Å². The molecule has 2 fully saturated rings. The van der Waals surface area contributed by atoms with Crippen molar-refractivity contribution in [1.82, 2.24) is 5.01 Å². The van der Waals surface area contributed by atoms with Crippen molar-refractivity contribution in [3.05, 3.63) is 77.6 Å². The first-order chi connectivity index (χ1) is 14.5. The van der Waals surface area contributed by atoms with Gasteiger partial charge in [-0.3, -0.25) is 19.4 Å². The number of nitrogens with zero attached hydrogens (tertiary/aromatic N) is 3. The molecule has 2 aromatic carbocycles. The number of hydrazone groups is 1. The van der Waals surface area contributed by atoms with Crippen molar-refractivity contribution >= 4 is 29.5 Å². The summed E-state index contributed by atoms with van der Waals surface area (Å²) in [6.45, 7) is 1.92. The minimum absolute atomic E-state index is 0.277. The van der Waals surface area contributed by atoms with Gasteiger partial charge in [-0.2, -0.15) is 5.10 Å². The molecule has 6 nitrogen and oxygen atoms in total. The quantitative estimate of drug-likeness (QED) is 0.584. The van der Waals surface area contributed by atoms with Crippen LogP contribution < -0.4 is 4.90 Å². The number of hydrogen-bond acceptors (Lipinski definition) is 5. The molecule has 0 N–H and O–H groups in total. The van der Waals surface area contributed by atoms with Crippen molar-refractivity contribution in [2.75, 3.05) is 4.90 Å². The molecule has 5 rings (SSSR count). The van der Waals surface area contributed by atoms with E-state index in [9.17, 15) is 18.8 Å². The fourth-order valence-corrected chi connectivity index (χ4v) is 4.57. The third-order valence-electron chi connectivity index (χ3n) is 5.98. The molecule has 4 atom stereocenters. The number of rotatable bonds is 3. The first kappa shape index (κ1) is 18.4. The SMILES string of the molecule is Cc1ccc(N2C(=O)[C@@H]3[C@H](C2=O)[C@H]2C=CC=NN2[C@@H]3C(=O)c2ccc(F)cc2)cc1. The molecule has 3 aliphatic heterocycles. The summed E-state index contributed by atoms with van der Waals surface area (Å²) in [6.07, 6.45) is 5.05. The zero-order chi connectivity index (χ0) is 21.0. The predicted octanol–water partition coefficient (Wildman–Crippen LogP) is 2.73. The van der Waals surface area contributed by atoms with Crippen LogP contribution in [0.5, 0.6) is 0 Å². The predicted molar refractivity (Wildman–Crippen MR) is 108 cm³/mol. The van der Waals surface area contributed by atoms with Crippen LogP contribution in [0.2, 0.25) is 0 Å². The van der Waals surface area contributed by atoms with Crippen LogP contribution in [0.4, 0.5) is 10.1 Å². The second kappa shape index (κ2) is 6.73. The number of Topliss-reactive ketones (excluding diaryl/α,β-unsaturated/α-hetero) is 1. The van der Waals surface area contributed by atoms with Crippen LogP contribution in [-0.4, -0.2) is 40.9 Å². The second-order valence-corrected chi connectivity index (χ2v) is 7.74. The number of allylic oxidation sites excluding steroid dienone is 1. The van der Waals surface area contributed by atoms with E-state index in [-0.39, 0.29) is 17.3 Å². The number of fused-ring (bicyclic) bond motifs is 3. The van der Waals surface area contributed by atoms with E-state index >= 15 is 0 Å². The number of benzene rings is 2. The second-order valence-electron chi connectivity index (χ2n) is 7.74. The van der Waals surface area contributed by atoms with Crippen LogP contribution in [0.15, 0.2) is 65.8 Å². The van der Waals surface area contributed by atoms with E-state index in [0.717, 1.165) is 5.56 Å². The number of hydrogen-bond donors (Lipinski definition) is 0. The van der Waals surface area contributed by atoms with Crippen LogP contribution in [-0.2, 0) is 9.59 Å². The van der Waals surface area contributed by atoms with Gasteiger partial charge >= 0.3 is 0 Å². The first-order valence-electron chi connectivity index (χ1n) is 9.71. The smallest absolute Gasteiger partial charge is 0.240 e. The fraction of sp³-hybridized carbons (Fsp3) is 0.217. The monoisotopic (exact) mass is 403 g/mol. The normalized spacial score (nSPS) is 26.9. The first-order valence-corrected chi connectivity index (χ1v) is 9.71. The zero-order valence-corrected chi connectivity index (χ0v) is 16.1. The van der Waals surface area contributed by atoms with E-state index in [1.807, 2.05) is 19.1 Å². The summed E-state index contributed by atoms with van der Waals surface area (Å²) in [5, 5.41) is 5.85. The van der Waals surface area contributed by atoms with Gasteiger partial charge in [0.05, 0.1) is 23.6 Å². The number of carbonyl (C=O) groups is 3. The lowest BCUT2D eigenvalue weighted by Crippen LogP contribution is -2.46. The van der Waals surface area contributed by atoms with E-state index in [1.54, 1.807) is 29.3 Å². The van der Waals surface area contributed by atoms with Gasteiger partial charge in [0.1, 0.15) is 11.9 Å². The van der Waals surface area contributed by atoms with E-state index in [4.69, 9.17) is 0 Å². The highest BCUT2D eigenvalue weighted by Gasteiger charge is 2.64. The summed E-state index contributed by atoms with van der Waals surface area (Å²) in [4.78, 5) is 41.3. The Bertz CT molecular complexity index is 1110. The lowest BCUT2D eigenvalue weighted by Gasteiger charge is -2.30.